The van der Waals surface area contributed by atoms with Crippen LogP contribution in [0.1, 0.15) is 21.0 Å². The maximum atomic E-state index is 11.2. The molecule has 0 fully saturated rings. The molecule has 1 aromatic heterocycles. The van der Waals surface area contributed by atoms with Gasteiger partial charge in [-0.3, -0.25) is 14.8 Å². The summed E-state index contributed by atoms with van der Waals surface area (Å²) in [6.07, 6.45) is 0. The summed E-state index contributed by atoms with van der Waals surface area (Å²) in [7, 11) is 0. The standard InChI is InChI=1S/C8H7BrN2O3/c9-4-7(12)5-2-1-3-6(10-5)8(13)11-14/h1-3,14H,4H2,(H,11,13). The van der Waals surface area contributed by atoms with Crippen molar-refractivity contribution in [1.29, 1.82) is 0 Å². The van der Waals surface area contributed by atoms with Crippen LogP contribution in [0.3, 0.4) is 0 Å². The topological polar surface area (TPSA) is 79.3 Å². The Morgan fingerprint density at radius 3 is 2.64 bits per heavy atom. The minimum atomic E-state index is -0.741. The van der Waals surface area contributed by atoms with Gasteiger partial charge >= 0.3 is 0 Å². The number of Topliss-reactive ketones (excluding diaryl/α,β-unsaturated/α-hetero) is 1. The highest BCUT2D eigenvalue weighted by Crippen LogP contribution is 2.02. The van der Waals surface area contributed by atoms with Crippen molar-refractivity contribution in [1.82, 2.24) is 10.5 Å². The van der Waals surface area contributed by atoms with E-state index in [2.05, 4.69) is 20.9 Å². The maximum absolute atomic E-state index is 11.2. The first kappa shape index (κ1) is 10.8. The van der Waals surface area contributed by atoms with E-state index < -0.39 is 5.91 Å². The molecule has 1 aromatic rings. The highest BCUT2D eigenvalue weighted by atomic mass is 79.9. The lowest BCUT2D eigenvalue weighted by Crippen LogP contribution is -2.21. The number of hydrogen-bond acceptors (Lipinski definition) is 4. The number of carbonyl (C=O) groups is 2. The minimum absolute atomic E-state index is 0.000648. The van der Waals surface area contributed by atoms with Crippen LogP contribution in [0, 0.1) is 0 Å². The summed E-state index contributed by atoms with van der Waals surface area (Å²) in [6.45, 7) is 0. The molecule has 2 N–H and O–H groups in total. The van der Waals surface area contributed by atoms with Gasteiger partial charge in [0.05, 0.1) is 5.33 Å². The Kier molecular flexibility index (Phi) is 3.73. The van der Waals surface area contributed by atoms with Crippen LogP contribution in [0.15, 0.2) is 18.2 Å². The van der Waals surface area contributed by atoms with Gasteiger partial charge in [0, 0.05) is 0 Å². The van der Waals surface area contributed by atoms with Gasteiger partial charge < -0.3 is 0 Å². The van der Waals surface area contributed by atoms with E-state index in [1.165, 1.54) is 23.7 Å². The number of ketones is 1. The first-order valence-corrected chi connectivity index (χ1v) is 4.82. The average Bonchev–Trinajstić information content (AvgIpc) is 2.27. The first-order valence-electron chi connectivity index (χ1n) is 3.69. The number of nitrogens with one attached hydrogen (secondary N) is 1. The van der Waals surface area contributed by atoms with E-state index in [4.69, 9.17) is 5.21 Å². The summed E-state index contributed by atoms with van der Waals surface area (Å²) in [5.41, 5.74) is 1.62. The molecule has 1 heterocycles. The Hall–Kier alpha value is -1.27. The number of pyridine rings is 1. The Labute approximate surface area is 88.2 Å². The minimum Gasteiger partial charge on any atom is -0.291 e. The van der Waals surface area contributed by atoms with Gasteiger partial charge in [0.15, 0.2) is 5.78 Å². The molecule has 0 unspecified atom stereocenters. The van der Waals surface area contributed by atoms with Gasteiger partial charge in [-0.2, -0.15) is 0 Å². The van der Waals surface area contributed by atoms with Crippen molar-refractivity contribution in [3.05, 3.63) is 29.6 Å². The van der Waals surface area contributed by atoms with E-state index in [1.807, 2.05) is 0 Å². The fourth-order valence-electron chi connectivity index (χ4n) is 0.842. The fraction of sp³-hybridized carbons (Fsp3) is 0.125. The molecule has 0 aliphatic carbocycles. The molecule has 0 aromatic carbocycles. The molecule has 0 aliphatic heterocycles. The largest absolute Gasteiger partial charge is 0.293 e. The number of halogens is 1. The van der Waals surface area contributed by atoms with Crippen LogP contribution in [0.5, 0.6) is 0 Å². The van der Waals surface area contributed by atoms with E-state index in [0.29, 0.717) is 0 Å². The molecule has 5 nitrogen and oxygen atoms in total. The molecule has 6 heteroatoms. The summed E-state index contributed by atoms with van der Waals surface area (Å²) in [5.74, 6) is -0.966. The van der Waals surface area contributed by atoms with Gasteiger partial charge in [0.25, 0.3) is 5.91 Å². The molecule has 0 radical (unpaired) electrons. The zero-order chi connectivity index (χ0) is 10.6. The highest BCUT2D eigenvalue weighted by molar-refractivity contribution is 9.09. The van der Waals surface area contributed by atoms with Gasteiger partial charge in [-0.25, -0.2) is 10.5 Å². The van der Waals surface area contributed by atoms with Crippen molar-refractivity contribution in [3.63, 3.8) is 0 Å². The predicted octanol–water partition coefficient (Wildman–Crippen LogP) is 0.778. The third-order valence-corrected chi connectivity index (χ3v) is 2.00. The summed E-state index contributed by atoms with van der Waals surface area (Å²) < 4.78 is 0. The van der Waals surface area contributed by atoms with Crippen LogP contribution in [-0.2, 0) is 0 Å². The lowest BCUT2D eigenvalue weighted by molar-refractivity contribution is 0.0700. The summed E-state index contributed by atoms with van der Waals surface area (Å²) in [5, 5.41) is 8.48. The van der Waals surface area contributed by atoms with E-state index in [1.54, 1.807) is 0 Å². The number of carbonyl (C=O) groups excluding carboxylic acids is 2. The van der Waals surface area contributed by atoms with Crippen LogP contribution in [0.4, 0.5) is 0 Å². The van der Waals surface area contributed by atoms with Gasteiger partial charge in [-0.15, -0.1) is 0 Å². The summed E-state index contributed by atoms with van der Waals surface area (Å²) in [4.78, 5) is 25.9. The molecule has 74 valence electrons. The van der Waals surface area contributed by atoms with Crippen LogP contribution in [-0.4, -0.2) is 27.2 Å². The van der Waals surface area contributed by atoms with Gasteiger partial charge in [-0.05, 0) is 12.1 Å². The van der Waals surface area contributed by atoms with Crippen molar-refractivity contribution >= 4 is 27.6 Å². The lowest BCUT2D eigenvalue weighted by Gasteiger charge is -2.00. The molecule has 0 bridgehead atoms. The zero-order valence-corrected chi connectivity index (χ0v) is 8.61. The molecule has 0 aliphatic rings. The first-order chi connectivity index (χ1) is 6.69. The molecule has 0 atom stereocenters. The second kappa shape index (κ2) is 4.83. The van der Waals surface area contributed by atoms with Crippen molar-refractivity contribution in [2.75, 3.05) is 5.33 Å². The Morgan fingerprint density at radius 2 is 2.07 bits per heavy atom. The molecular formula is C8H7BrN2O3. The predicted molar refractivity (Wildman–Crippen MR) is 51.6 cm³/mol. The number of nitrogens with zero attached hydrogens (tertiary/aromatic N) is 1. The third kappa shape index (κ3) is 2.36. The van der Waals surface area contributed by atoms with Crippen LogP contribution >= 0.6 is 15.9 Å². The quantitative estimate of drug-likeness (QED) is 0.364. The lowest BCUT2D eigenvalue weighted by atomic mass is 10.2. The molecule has 14 heavy (non-hydrogen) atoms. The summed E-state index contributed by atoms with van der Waals surface area (Å²) >= 11 is 2.99. The highest BCUT2D eigenvalue weighted by Gasteiger charge is 2.10. The number of aromatic nitrogens is 1. The third-order valence-electron chi connectivity index (χ3n) is 1.49. The number of rotatable bonds is 3. The van der Waals surface area contributed by atoms with Crippen LogP contribution in [0.2, 0.25) is 0 Å². The second-order valence-electron chi connectivity index (χ2n) is 2.41. The summed E-state index contributed by atoms with van der Waals surface area (Å²) in [6, 6.07) is 4.42. The van der Waals surface area contributed by atoms with Gasteiger partial charge in [0.1, 0.15) is 11.4 Å². The maximum Gasteiger partial charge on any atom is 0.293 e. The monoisotopic (exact) mass is 258 g/mol. The Morgan fingerprint density at radius 1 is 1.43 bits per heavy atom. The van der Waals surface area contributed by atoms with Crippen LogP contribution in [0.25, 0.3) is 0 Å². The van der Waals surface area contributed by atoms with Crippen LogP contribution < -0.4 is 5.48 Å². The average molecular weight is 259 g/mol. The van der Waals surface area contributed by atoms with Gasteiger partial charge in [0.2, 0.25) is 0 Å². The van der Waals surface area contributed by atoms with E-state index in [9.17, 15) is 9.59 Å². The van der Waals surface area contributed by atoms with E-state index >= 15 is 0 Å². The van der Waals surface area contributed by atoms with Crippen molar-refractivity contribution < 1.29 is 14.8 Å². The molecule has 1 amide bonds. The number of alkyl halides is 1. The SMILES string of the molecule is O=C(CBr)c1cccc(C(=O)NO)n1. The smallest absolute Gasteiger partial charge is 0.291 e. The number of hydrogen-bond donors (Lipinski definition) is 2. The molecule has 0 spiro atoms. The molecule has 0 saturated heterocycles. The van der Waals surface area contributed by atoms with Crippen molar-refractivity contribution in [2.45, 2.75) is 0 Å². The Bertz CT molecular complexity index is 336. The molecule has 0 saturated carbocycles. The van der Waals surface area contributed by atoms with Crippen molar-refractivity contribution in [3.8, 4) is 0 Å². The fourth-order valence-corrected chi connectivity index (χ4v) is 1.13. The zero-order valence-electron chi connectivity index (χ0n) is 7.03. The second-order valence-corrected chi connectivity index (χ2v) is 2.97. The number of amides is 1. The molecular weight excluding hydrogens is 252 g/mol. The van der Waals surface area contributed by atoms with E-state index in [-0.39, 0.29) is 22.5 Å². The normalized spacial score (nSPS) is 9.57. The van der Waals surface area contributed by atoms with E-state index in [0.717, 1.165) is 0 Å². The van der Waals surface area contributed by atoms with Crippen molar-refractivity contribution in [2.24, 2.45) is 0 Å². The Balaban J connectivity index is 3.01. The van der Waals surface area contributed by atoms with Gasteiger partial charge in [-0.1, -0.05) is 22.0 Å². The molecule has 1 rings (SSSR count). The number of hydroxylamine groups is 1.